The fraction of sp³-hybridized carbons (Fsp3) is 0.833. The average Bonchev–Trinajstić information content (AvgIpc) is 2.42. The lowest BCUT2D eigenvalue weighted by Crippen LogP contribution is -3.00. The first kappa shape index (κ1) is 28.6. The molecule has 0 aliphatic heterocycles. The van der Waals surface area contributed by atoms with Gasteiger partial charge >= 0.3 is 18.0 Å². The molecule has 0 saturated carbocycles. The van der Waals surface area contributed by atoms with Crippen molar-refractivity contribution in [3.63, 3.8) is 0 Å². The van der Waals surface area contributed by atoms with Crippen LogP contribution in [-0.2, 0) is 23.8 Å². The van der Waals surface area contributed by atoms with E-state index in [1.807, 2.05) is 0 Å². The Morgan fingerprint density at radius 1 is 1.00 bits per heavy atom. The van der Waals surface area contributed by atoms with E-state index in [2.05, 4.69) is 5.32 Å². The molecule has 166 valence electrons. The lowest BCUT2D eigenvalue weighted by molar-refractivity contribution is -0.902. The van der Waals surface area contributed by atoms with E-state index >= 15 is 0 Å². The number of carbonyl (C=O) groups is 3. The zero-order chi connectivity index (χ0) is 21.5. The van der Waals surface area contributed by atoms with Gasteiger partial charge in [-0.05, 0) is 41.5 Å². The summed E-state index contributed by atoms with van der Waals surface area (Å²) in [5, 5.41) is 2.34. The topological polar surface area (TPSA) is 90.9 Å². The highest BCUT2D eigenvalue weighted by Crippen LogP contribution is 2.11. The van der Waals surface area contributed by atoms with Crippen molar-refractivity contribution in [2.24, 2.45) is 0 Å². The van der Waals surface area contributed by atoms with E-state index in [9.17, 15) is 18.8 Å². The molecule has 10 heteroatoms. The minimum absolute atomic E-state index is 0. The molecule has 0 aromatic rings. The lowest BCUT2D eigenvalue weighted by atomic mass is 10.1. The van der Waals surface area contributed by atoms with Crippen LogP contribution in [-0.4, -0.2) is 73.8 Å². The number of alkyl carbamates (subject to hydrolysis) is 1. The van der Waals surface area contributed by atoms with Crippen molar-refractivity contribution in [2.45, 2.75) is 65.2 Å². The van der Waals surface area contributed by atoms with Crippen LogP contribution >= 0.6 is 0 Å². The summed E-state index contributed by atoms with van der Waals surface area (Å²) in [6.07, 6.45) is -1.26. The summed E-state index contributed by atoms with van der Waals surface area (Å²) >= 11 is 0. The maximum atomic E-state index is 12.8. The fourth-order valence-electron chi connectivity index (χ4n) is 1.75. The number of rotatable bonds is 8. The molecule has 0 aromatic carbocycles. The molecule has 1 atom stereocenters. The van der Waals surface area contributed by atoms with Gasteiger partial charge in [0.05, 0.1) is 20.5 Å². The van der Waals surface area contributed by atoms with Gasteiger partial charge in [0.1, 0.15) is 30.4 Å². The summed E-state index contributed by atoms with van der Waals surface area (Å²) in [5.41, 5.74) is -1.51. The van der Waals surface area contributed by atoms with Crippen LogP contribution in [0.2, 0.25) is 0 Å². The van der Waals surface area contributed by atoms with Crippen molar-refractivity contribution in [2.75, 3.05) is 34.0 Å². The van der Waals surface area contributed by atoms with Crippen LogP contribution in [0.5, 0.6) is 0 Å². The smallest absolute Gasteiger partial charge is 0.408 e. The number of likely N-dealkylation sites (N-methyl/N-ethyl adjacent to an activating group) is 1. The lowest BCUT2D eigenvalue weighted by Gasteiger charge is -2.26. The van der Waals surface area contributed by atoms with Gasteiger partial charge in [0.2, 0.25) is 6.80 Å². The van der Waals surface area contributed by atoms with Gasteiger partial charge in [-0.25, -0.2) is 9.59 Å². The van der Waals surface area contributed by atoms with Crippen LogP contribution in [0.25, 0.3) is 0 Å². The number of amides is 1. The number of halogens is 2. The number of quaternary nitrogens is 1. The molecular weight excluding hydrogens is 395 g/mol. The molecule has 0 aliphatic carbocycles. The molecule has 0 fully saturated rings. The van der Waals surface area contributed by atoms with Crippen LogP contribution in [0.1, 0.15) is 48.0 Å². The van der Waals surface area contributed by atoms with Crippen LogP contribution in [0.15, 0.2) is 0 Å². The summed E-state index contributed by atoms with van der Waals surface area (Å²) in [4.78, 5) is 36.3. The molecule has 0 rings (SSSR count). The van der Waals surface area contributed by atoms with Gasteiger partial charge in [-0.1, -0.05) is 0 Å². The van der Waals surface area contributed by atoms with Gasteiger partial charge in [0.15, 0.2) is 0 Å². The fourth-order valence-corrected chi connectivity index (χ4v) is 1.75. The van der Waals surface area contributed by atoms with Crippen molar-refractivity contribution >= 4 is 18.0 Å². The van der Waals surface area contributed by atoms with E-state index in [0.717, 1.165) is 0 Å². The number of esters is 2. The third-order valence-electron chi connectivity index (χ3n) is 3.03. The van der Waals surface area contributed by atoms with Gasteiger partial charge in [-0.15, -0.1) is 0 Å². The third kappa shape index (κ3) is 14.4. The maximum Gasteiger partial charge on any atom is 0.408 e. The number of hydrogen-bond acceptors (Lipinski definition) is 6. The molecule has 8 nitrogen and oxygen atoms in total. The number of ether oxygens (including phenoxy) is 3. The number of carbonyl (C=O) groups excluding carboxylic acids is 3. The van der Waals surface area contributed by atoms with Gasteiger partial charge in [0.25, 0.3) is 0 Å². The molecule has 0 saturated heterocycles. The van der Waals surface area contributed by atoms with E-state index in [0.29, 0.717) is 0 Å². The summed E-state index contributed by atoms with van der Waals surface area (Å²) in [6, 6.07) is -1.27. The Kier molecular flexibility index (Phi) is 11.6. The highest BCUT2D eigenvalue weighted by atomic mass is 35.5. The molecule has 0 bridgehead atoms. The first-order valence-corrected chi connectivity index (χ1v) is 8.80. The predicted octanol–water partition coefficient (Wildman–Crippen LogP) is -0.838. The van der Waals surface area contributed by atoms with Crippen LogP contribution in [0, 0.1) is 0 Å². The minimum Gasteiger partial charge on any atom is -1.00 e. The predicted molar refractivity (Wildman–Crippen MR) is 97.5 cm³/mol. The number of alkyl halides is 1. The number of hydrogen-bond donors (Lipinski definition) is 1. The van der Waals surface area contributed by atoms with E-state index in [1.54, 1.807) is 55.6 Å². The average molecular weight is 429 g/mol. The van der Waals surface area contributed by atoms with E-state index < -0.39 is 48.5 Å². The summed E-state index contributed by atoms with van der Waals surface area (Å²) < 4.78 is 28.2. The summed E-state index contributed by atoms with van der Waals surface area (Å²) in [7, 11) is 3.29. The molecule has 1 amide bonds. The van der Waals surface area contributed by atoms with Crippen LogP contribution in [0.4, 0.5) is 9.18 Å². The Bertz CT molecular complexity index is 499. The van der Waals surface area contributed by atoms with Crippen molar-refractivity contribution in [3.05, 3.63) is 0 Å². The minimum atomic E-state index is -1.27. The molecule has 0 aliphatic rings. The third-order valence-corrected chi connectivity index (χ3v) is 3.03. The Morgan fingerprint density at radius 2 is 1.50 bits per heavy atom. The second-order valence-electron chi connectivity index (χ2n) is 8.94. The van der Waals surface area contributed by atoms with Crippen molar-refractivity contribution in [3.8, 4) is 0 Å². The van der Waals surface area contributed by atoms with E-state index in [4.69, 9.17) is 14.2 Å². The second kappa shape index (κ2) is 11.4. The number of nitrogens with one attached hydrogen (secondary N) is 1. The van der Waals surface area contributed by atoms with Gasteiger partial charge < -0.3 is 31.9 Å². The first-order chi connectivity index (χ1) is 12.0. The summed E-state index contributed by atoms with van der Waals surface area (Å²) in [6.45, 7) is 9.66. The van der Waals surface area contributed by atoms with E-state index in [1.165, 1.54) is 0 Å². The first-order valence-electron chi connectivity index (χ1n) is 8.80. The molecule has 1 N–H and O–H groups in total. The zero-order valence-corrected chi connectivity index (χ0v) is 18.8. The SMILES string of the molecule is CC(C)(C)OC(=O)CC(NC(=O)OC(C)(C)C)C(=O)OCC[N+](C)(C)CF.[Cl-]. The van der Waals surface area contributed by atoms with Gasteiger partial charge in [0, 0.05) is 0 Å². The quantitative estimate of drug-likeness (QED) is 0.235. The molecule has 1 unspecified atom stereocenters. The van der Waals surface area contributed by atoms with Crippen LogP contribution in [0.3, 0.4) is 0 Å². The van der Waals surface area contributed by atoms with E-state index in [-0.39, 0.29) is 30.0 Å². The molecular formula is C18H34ClFN2O6. The Labute approximate surface area is 173 Å². The molecule has 0 heterocycles. The molecule has 0 spiro atoms. The molecule has 28 heavy (non-hydrogen) atoms. The standard InChI is InChI=1S/C18H33FN2O6.ClH/c1-17(2,3)26-14(22)11-13(20-16(24)27-18(4,5)6)15(23)25-10-9-21(7,8)12-19;/h13H,9-12H2,1-8H3;1H. The molecule has 0 aromatic heterocycles. The Balaban J connectivity index is 0. The highest BCUT2D eigenvalue weighted by molar-refractivity contribution is 5.86. The second-order valence-corrected chi connectivity index (χ2v) is 8.94. The van der Waals surface area contributed by atoms with Crippen molar-refractivity contribution < 1.29 is 49.9 Å². The Morgan fingerprint density at radius 3 is 1.93 bits per heavy atom. The molecule has 0 radical (unpaired) electrons. The van der Waals surface area contributed by atoms with Crippen LogP contribution < -0.4 is 17.7 Å². The van der Waals surface area contributed by atoms with Crippen molar-refractivity contribution in [1.82, 2.24) is 5.32 Å². The monoisotopic (exact) mass is 428 g/mol. The van der Waals surface area contributed by atoms with Gasteiger partial charge in [-0.3, -0.25) is 9.28 Å². The van der Waals surface area contributed by atoms with Crippen molar-refractivity contribution in [1.29, 1.82) is 0 Å². The maximum absolute atomic E-state index is 12.8. The largest absolute Gasteiger partial charge is 1.00 e. The zero-order valence-electron chi connectivity index (χ0n) is 18.1. The van der Waals surface area contributed by atoms with Gasteiger partial charge in [-0.2, -0.15) is 4.39 Å². The highest BCUT2D eigenvalue weighted by Gasteiger charge is 2.30. The number of nitrogens with zero attached hydrogens (tertiary/aromatic N) is 1. The summed E-state index contributed by atoms with van der Waals surface area (Å²) in [5.74, 6) is -1.48. The normalized spacial score (nSPS) is 13.0. The Hall–Kier alpha value is -1.61.